The van der Waals surface area contributed by atoms with Gasteiger partial charge >= 0.3 is 0 Å². The Labute approximate surface area is 86.8 Å². The Morgan fingerprint density at radius 1 is 1.36 bits per heavy atom. The first-order chi connectivity index (χ1) is 6.19. The third-order valence-electron chi connectivity index (χ3n) is 2.23. The second-order valence-corrected chi connectivity index (χ2v) is 6.48. The molecular formula is C9H21NO3S. The van der Waals surface area contributed by atoms with E-state index >= 15 is 0 Å². The molecule has 5 heteroatoms. The van der Waals surface area contributed by atoms with Crippen LogP contribution in [-0.2, 0) is 10.0 Å². The lowest BCUT2D eigenvalue weighted by Gasteiger charge is -2.27. The summed E-state index contributed by atoms with van der Waals surface area (Å²) in [6, 6.07) is -0.105. The highest BCUT2D eigenvalue weighted by Gasteiger charge is 2.24. The van der Waals surface area contributed by atoms with Gasteiger partial charge in [-0.2, -0.15) is 0 Å². The Bertz CT molecular complexity index is 254. The summed E-state index contributed by atoms with van der Waals surface area (Å²) in [5, 5.41) is 8.53. The van der Waals surface area contributed by atoms with E-state index in [1.54, 1.807) is 0 Å². The molecule has 4 nitrogen and oxygen atoms in total. The van der Waals surface area contributed by atoms with Crippen molar-refractivity contribution in [2.24, 2.45) is 5.41 Å². The predicted molar refractivity (Wildman–Crippen MR) is 57.5 cm³/mol. The van der Waals surface area contributed by atoms with Crippen molar-refractivity contribution >= 4 is 10.0 Å². The van der Waals surface area contributed by atoms with Crippen LogP contribution < -0.4 is 4.72 Å². The molecule has 0 saturated heterocycles. The van der Waals surface area contributed by atoms with Crippen LogP contribution in [0.25, 0.3) is 0 Å². The second kappa shape index (κ2) is 5.09. The van der Waals surface area contributed by atoms with Crippen molar-refractivity contribution in [3.63, 3.8) is 0 Å². The van der Waals surface area contributed by atoms with Crippen LogP contribution in [0.15, 0.2) is 0 Å². The minimum Gasteiger partial charge on any atom is -0.396 e. The lowest BCUT2D eigenvalue weighted by atomic mass is 9.89. The monoisotopic (exact) mass is 223 g/mol. The summed E-state index contributed by atoms with van der Waals surface area (Å²) in [6.07, 6.45) is 0.284. The van der Waals surface area contributed by atoms with Gasteiger partial charge in [-0.1, -0.05) is 20.8 Å². The molecule has 0 spiro atoms. The number of hydrogen-bond donors (Lipinski definition) is 2. The van der Waals surface area contributed by atoms with E-state index in [1.165, 1.54) is 0 Å². The molecule has 0 aromatic carbocycles. The topological polar surface area (TPSA) is 66.4 Å². The maximum Gasteiger partial charge on any atom is 0.211 e. The van der Waals surface area contributed by atoms with E-state index in [9.17, 15) is 8.42 Å². The number of nitrogens with one attached hydrogen (secondary N) is 1. The van der Waals surface area contributed by atoms with Crippen molar-refractivity contribution in [3.05, 3.63) is 0 Å². The SMILES string of the molecule is CC(NS(=O)(=O)CCCO)C(C)(C)C. The zero-order valence-corrected chi connectivity index (χ0v) is 10.2. The van der Waals surface area contributed by atoms with Crippen molar-refractivity contribution < 1.29 is 13.5 Å². The molecular weight excluding hydrogens is 202 g/mol. The van der Waals surface area contributed by atoms with Gasteiger partial charge in [-0.05, 0) is 18.8 Å². The van der Waals surface area contributed by atoms with Crippen molar-refractivity contribution in [1.29, 1.82) is 0 Å². The van der Waals surface area contributed by atoms with Crippen molar-refractivity contribution in [3.8, 4) is 0 Å². The number of sulfonamides is 1. The summed E-state index contributed by atoms with van der Waals surface area (Å²) in [6.45, 7) is 7.69. The second-order valence-electron chi connectivity index (χ2n) is 4.60. The lowest BCUT2D eigenvalue weighted by molar-refractivity contribution is 0.293. The first-order valence-electron chi connectivity index (χ1n) is 4.80. The molecule has 0 heterocycles. The summed E-state index contributed by atoms with van der Waals surface area (Å²) in [5.41, 5.74) is -0.0910. The summed E-state index contributed by atoms with van der Waals surface area (Å²) in [4.78, 5) is 0. The van der Waals surface area contributed by atoms with Gasteiger partial charge in [0.25, 0.3) is 0 Å². The van der Waals surface area contributed by atoms with Gasteiger partial charge in [0.2, 0.25) is 10.0 Å². The zero-order chi connectivity index (χ0) is 11.4. The highest BCUT2D eigenvalue weighted by atomic mass is 32.2. The van der Waals surface area contributed by atoms with Crippen LogP contribution in [0.4, 0.5) is 0 Å². The van der Waals surface area contributed by atoms with E-state index < -0.39 is 10.0 Å². The smallest absolute Gasteiger partial charge is 0.211 e. The van der Waals surface area contributed by atoms with Gasteiger partial charge < -0.3 is 5.11 Å². The quantitative estimate of drug-likeness (QED) is 0.722. The van der Waals surface area contributed by atoms with E-state index in [4.69, 9.17) is 5.11 Å². The van der Waals surface area contributed by atoms with Crippen molar-refractivity contribution in [1.82, 2.24) is 4.72 Å². The average Bonchev–Trinajstić information content (AvgIpc) is 1.98. The molecule has 0 aliphatic heterocycles. The fourth-order valence-electron chi connectivity index (χ4n) is 0.760. The molecule has 0 aromatic heterocycles. The normalized spacial score (nSPS) is 15.5. The van der Waals surface area contributed by atoms with Gasteiger partial charge in [0.05, 0.1) is 5.75 Å². The van der Waals surface area contributed by atoms with E-state index in [-0.39, 0.29) is 30.2 Å². The Hall–Kier alpha value is -0.130. The molecule has 0 rings (SSSR count). The van der Waals surface area contributed by atoms with Gasteiger partial charge in [0, 0.05) is 12.6 Å². The Kier molecular flexibility index (Phi) is 5.05. The van der Waals surface area contributed by atoms with Gasteiger partial charge in [-0.15, -0.1) is 0 Å². The molecule has 0 aliphatic rings. The average molecular weight is 223 g/mol. The zero-order valence-electron chi connectivity index (χ0n) is 9.37. The van der Waals surface area contributed by atoms with Crippen LogP contribution in [-0.4, -0.2) is 31.9 Å². The number of hydrogen-bond acceptors (Lipinski definition) is 3. The maximum absolute atomic E-state index is 11.4. The summed E-state index contributed by atoms with van der Waals surface area (Å²) in [7, 11) is -3.24. The Morgan fingerprint density at radius 2 is 1.86 bits per heavy atom. The van der Waals surface area contributed by atoms with E-state index in [1.807, 2.05) is 27.7 Å². The largest absolute Gasteiger partial charge is 0.396 e. The van der Waals surface area contributed by atoms with Gasteiger partial charge in [0.15, 0.2) is 0 Å². The number of rotatable bonds is 5. The summed E-state index contributed by atoms with van der Waals surface area (Å²) in [5.74, 6) is -0.0100. The minimum absolute atomic E-state index is 0.0100. The molecule has 0 amide bonds. The van der Waals surface area contributed by atoms with E-state index in [2.05, 4.69) is 4.72 Å². The Morgan fingerprint density at radius 3 is 2.21 bits per heavy atom. The summed E-state index contributed by atoms with van der Waals surface area (Å²) >= 11 is 0. The first-order valence-corrected chi connectivity index (χ1v) is 6.45. The van der Waals surface area contributed by atoms with Crippen LogP contribution >= 0.6 is 0 Å². The van der Waals surface area contributed by atoms with Crippen LogP contribution in [0.1, 0.15) is 34.1 Å². The number of aliphatic hydroxyl groups excluding tert-OH is 1. The highest BCUT2D eigenvalue weighted by Crippen LogP contribution is 2.19. The molecule has 0 fully saturated rings. The molecule has 2 N–H and O–H groups in total. The minimum atomic E-state index is -3.24. The molecule has 1 unspecified atom stereocenters. The highest BCUT2D eigenvalue weighted by molar-refractivity contribution is 7.89. The third-order valence-corrected chi connectivity index (χ3v) is 3.77. The molecule has 0 saturated carbocycles. The standard InChI is InChI=1S/C9H21NO3S/c1-8(9(2,3)4)10-14(12,13)7-5-6-11/h8,10-11H,5-7H2,1-4H3. The van der Waals surface area contributed by atoms with Crippen LogP contribution in [0.5, 0.6) is 0 Å². The molecule has 86 valence electrons. The molecule has 14 heavy (non-hydrogen) atoms. The Balaban J connectivity index is 4.23. The predicted octanol–water partition coefficient (Wildman–Crippen LogP) is 0.723. The third kappa shape index (κ3) is 5.57. The lowest BCUT2D eigenvalue weighted by Crippen LogP contribution is -2.42. The van der Waals surface area contributed by atoms with Crippen molar-refractivity contribution in [2.75, 3.05) is 12.4 Å². The van der Waals surface area contributed by atoms with Crippen molar-refractivity contribution in [2.45, 2.75) is 40.2 Å². The molecule has 0 aromatic rings. The molecule has 0 bridgehead atoms. The van der Waals surface area contributed by atoms with Crippen LogP contribution in [0.3, 0.4) is 0 Å². The first kappa shape index (κ1) is 13.9. The van der Waals surface area contributed by atoms with Crippen LogP contribution in [0.2, 0.25) is 0 Å². The fraction of sp³-hybridized carbons (Fsp3) is 1.00. The fourth-order valence-corrected chi connectivity index (χ4v) is 2.28. The molecule has 0 aliphatic carbocycles. The van der Waals surface area contributed by atoms with Crippen LogP contribution in [0, 0.1) is 5.41 Å². The molecule has 1 atom stereocenters. The maximum atomic E-state index is 11.4. The number of aliphatic hydroxyl groups is 1. The van der Waals surface area contributed by atoms with Gasteiger partial charge in [-0.25, -0.2) is 13.1 Å². The van der Waals surface area contributed by atoms with E-state index in [0.717, 1.165) is 0 Å². The van der Waals surface area contributed by atoms with E-state index in [0.29, 0.717) is 0 Å². The van der Waals surface area contributed by atoms with Gasteiger partial charge in [0.1, 0.15) is 0 Å². The van der Waals surface area contributed by atoms with Gasteiger partial charge in [-0.3, -0.25) is 0 Å². The summed E-state index contributed by atoms with van der Waals surface area (Å²) < 4.78 is 25.4. The molecule has 0 radical (unpaired) electrons.